The van der Waals surface area contributed by atoms with Crippen molar-refractivity contribution in [3.05, 3.63) is 0 Å². The first-order chi connectivity index (χ1) is 8.33. The molecule has 1 aliphatic carbocycles. The minimum atomic E-state index is -0.00912. The van der Waals surface area contributed by atoms with Crippen LogP contribution in [0.5, 0.6) is 0 Å². The number of rotatable bonds is 3. The van der Waals surface area contributed by atoms with Crippen LogP contribution in [0.3, 0.4) is 0 Å². The van der Waals surface area contributed by atoms with E-state index < -0.39 is 0 Å². The Kier molecular flexibility index (Phi) is 3.72. The van der Waals surface area contributed by atoms with Gasteiger partial charge in [0, 0.05) is 6.04 Å². The number of hydrogen-bond acceptors (Lipinski definition) is 2. The van der Waals surface area contributed by atoms with E-state index in [4.69, 9.17) is 0 Å². The summed E-state index contributed by atoms with van der Waals surface area (Å²) >= 11 is 0. The topological polar surface area (TPSA) is 32.3 Å². The van der Waals surface area contributed by atoms with Gasteiger partial charge in [-0.2, -0.15) is 0 Å². The Morgan fingerprint density at radius 3 is 2.61 bits per heavy atom. The fourth-order valence-electron chi connectivity index (χ4n) is 3.64. The second kappa shape index (κ2) is 4.84. The van der Waals surface area contributed by atoms with Crippen molar-refractivity contribution in [3.63, 3.8) is 0 Å². The number of hydrogen-bond donors (Lipinski definition) is 1. The Morgan fingerprint density at radius 2 is 2.11 bits per heavy atom. The molecule has 0 bridgehead atoms. The molecule has 3 nitrogen and oxygen atoms in total. The second-order valence-corrected chi connectivity index (χ2v) is 7.18. The quantitative estimate of drug-likeness (QED) is 0.837. The molecule has 3 atom stereocenters. The van der Waals surface area contributed by atoms with Crippen LogP contribution in [0.15, 0.2) is 0 Å². The number of amides is 1. The summed E-state index contributed by atoms with van der Waals surface area (Å²) in [6.45, 7) is 11.1. The minimum absolute atomic E-state index is 0.00912. The van der Waals surface area contributed by atoms with E-state index >= 15 is 0 Å². The van der Waals surface area contributed by atoms with Gasteiger partial charge in [0.1, 0.15) is 0 Å². The smallest absolute Gasteiger partial charge is 0.240 e. The molecule has 2 rings (SSSR count). The van der Waals surface area contributed by atoms with Crippen molar-refractivity contribution >= 4 is 5.91 Å². The average Bonchev–Trinajstić information content (AvgIpc) is 2.68. The standard InChI is InChI=1S/C15H28N2O/c1-10(2)9-13-16-11(3)14(18)17(13)12-7-6-8-15(12,4)5/h10-13,16H,6-9H2,1-5H3. The van der Waals surface area contributed by atoms with E-state index in [0.717, 1.165) is 6.42 Å². The zero-order valence-electron chi connectivity index (χ0n) is 12.5. The van der Waals surface area contributed by atoms with Gasteiger partial charge in [-0.05, 0) is 37.5 Å². The van der Waals surface area contributed by atoms with Crippen molar-refractivity contribution in [1.82, 2.24) is 10.2 Å². The molecule has 1 N–H and O–H groups in total. The van der Waals surface area contributed by atoms with Crippen molar-refractivity contribution in [2.75, 3.05) is 0 Å². The summed E-state index contributed by atoms with van der Waals surface area (Å²) in [5, 5.41) is 3.48. The van der Waals surface area contributed by atoms with Crippen molar-refractivity contribution in [2.45, 2.75) is 78.6 Å². The summed E-state index contributed by atoms with van der Waals surface area (Å²) in [5.41, 5.74) is 0.274. The SMILES string of the molecule is CC(C)CC1NC(C)C(=O)N1C1CCCC1(C)C. The van der Waals surface area contributed by atoms with Crippen LogP contribution in [0.4, 0.5) is 0 Å². The van der Waals surface area contributed by atoms with Crippen molar-refractivity contribution in [2.24, 2.45) is 11.3 Å². The molecule has 0 spiro atoms. The molecule has 3 unspecified atom stereocenters. The van der Waals surface area contributed by atoms with E-state index in [0.29, 0.717) is 17.9 Å². The second-order valence-electron chi connectivity index (χ2n) is 7.18. The highest BCUT2D eigenvalue weighted by atomic mass is 16.2. The Labute approximate surface area is 111 Å². The van der Waals surface area contributed by atoms with E-state index in [1.807, 2.05) is 6.92 Å². The van der Waals surface area contributed by atoms with E-state index in [1.54, 1.807) is 0 Å². The molecule has 0 aromatic carbocycles. The molecule has 0 aromatic heterocycles. The highest BCUT2D eigenvalue weighted by Crippen LogP contribution is 2.42. The third-order valence-corrected chi connectivity index (χ3v) is 4.63. The normalized spacial score (nSPS) is 35.8. The van der Waals surface area contributed by atoms with Crippen LogP contribution in [0, 0.1) is 11.3 Å². The van der Waals surface area contributed by atoms with Crippen molar-refractivity contribution < 1.29 is 4.79 Å². The van der Waals surface area contributed by atoms with E-state index in [1.165, 1.54) is 19.3 Å². The minimum Gasteiger partial charge on any atom is -0.322 e. The molecule has 0 radical (unpaired) electrons. The molecule has 104 valence electrons. The first-order valence-electron chi connectivity index (χ1n) is 7.41. The number of carbonyl (C=O) groups is 1. The van der Waals surface area contributed by atoms with Gasteiger partial charge in [-0.15, -0.1) is 0 Å². The zero-order chi connectivity index (χ0) is 13.5. The lowest BCUT2D eigenvalue weighted by Gasteiger charge is -2.39. The van der Waals surface area contributed by atoms with Crippen LogP contribution in [0.1, 0.15) is 60.3 Å². The first kappa shape index (κ1) is 13.9. The summed E-state index contributed by atoms with van der Waals surface area (Å²) < 4.78 is 0. The summed E-state index contributed by atoms with van der Waals surface area (Å²) in [4.78, 5) is 14.6. The van der Waals surface area contributed by atoms with Crippen LogP contribution in [-0.2, 0) is 4.79 Å². The van der Waals surface area contributed by atoms with Gasteiger partial charge < -0.3 is 4.90 Å². The van der Waals surface area contributed by atoms with Crippen LogP contribution in [0.2, 0.25) is 0 Å². The lowest BCUT2D eigenvalue weighted by Crippen LogP contribution is -2.49. The summed E-state index contributed by atoms with van der Waals surface area (Å²) in [6, 6.07) is 0.413. The van der Waals surface area contributed by atoms with Gasteiger partial charge in [0.15, 0.2) is 0 Å². The molecule has 0 aromatic rings. The van der Waals surface area contributed by atoms with Gasteiger partial charge >= 0.3 is 0 Å². The maximum Gasteiger partial charge on any atom is 0.240 e. The van der Waals surface area contributed by atoms with Gasteiger partial charge in [0.05, 0.1) is 12.2 Å². The third-order valence-electron chi connectivity index (χ3n) is 4.63. The predicted octanol–water partition coefficient (Wildman–Crippen LogP) is 2.76. The van der Waals surface area contributed by atoms with Gasteiger partial charge in [0.25, 0.3) is 0 Å². The van der Waals surface area contributed by atoms with Gasteiger partial charge in [0.2, 0.25) is 5.91 Å². The lowest BCUT2D eigenvalue weighted by molar-refractivity contribution is -0.134. The van der Waals surface area contributed by atoms with Crippen LogP contribution in [0.25, 0.3) is 0 Å². The number of nitrogens with zero attached hydrogens (tertiary/aromatic N) is 1. The molecule has 1 amide bonds. The molecule has 1 aliphatic heterocycles. The van der Waals surface area contributed by atoms with E-state index in [2.05, 4.69) is 37.9 Å². The largest absolute Gasteiger partial charge is 0.322 e. The van der Waals surface area contributed by atoms with Crippen LogP contribution < -0.4 is 5.32 Å². The molecular weight excluding hydrogens is 224 g/mol. The van der Waals surface area contributed by atoms with Gasteiger partial charge in [-0.1, -0.05) is 34.1 Å². The summed E-state index contributed by atoms with van der Waals surface area (Å²) in [6.07, 6.45) is 4.97. The first-order valence-corrected chi connectivity index (χ1v) is 7.41. The monoisotopic (exact) mass is 252 g/mol. The Balaban J connectivity index is 2.19. The molecular formula is C15H28N2O. The molecule has 2 fully saturated rings. The van der Waals surface area contributed by atoms with Crippen LogP contribution >= 0.6 is 0 Å². The Morgan fingerprint density at radius 1 is 1.44 bits per heavy atom. The Hall–Kier alpha value is -0.570. The highest BCUT2D eigenvalue weighted by molar-refractivity contribution is 5.84. The van der Waals surface area contributed by atoms with Gasteiger partial charge in [-0.25, -0.2) is 0 Å². The predicted molar refractivity (Wildman–Crippen MR) is 74.1 cm³/mol. The fraction of sp³-hybridized carbons (Fsp3) is 0.933. The molecule has 1 saturated carbocycles. The number of carbonyl (C=O) groups excluding carboxylic acids is 1. The fourth-order valence-corrected chi connectivity index (χ4v) is 3.64. The third kappa shape index (κ3) is 2.42. The Bertz CT molecular complexity index is 324. The lowest BCUT2D eigenvalue weighted by atomic mass is 9.86. The maximum atomic E-state index is 12.4. The van der Waals surface area contributed by atoms with Crippen LogP contribution in [-0.4, -0.2) is 29.1 Å². The maximum absolute atomic E-state index is 12.4. The molecule has 1 saturated heterocycles. The van der Waals surface area contributed by atoms with Gasteiger partial charge in [-0.3, -0.25) is 10.1 Å². The van der Waals surface area contributed by atoms with Crippen molar-refractivity contribution in [1.29, 1.82) is 0 Å². The molecule has 3 heteroatoms. The van der Waals surface area contributed by atoms with Crippen molar-refractivity contribution in [3.8, 4) is 0 Å². The summed E-state index contributed by atoms with van der Waals surface area (Å²) in [5.74, 6) is 0.924. The average molecular weight is 252 g/mol. The highest BCUT2D eigenvalue weighted by Gasteiger charge is 2.47. The van der Waals surface area contributed by atoms with E-state index in [-0.39, 0.29) is 17.6 Å². The molecule has 2 aliphatic rings. The molecule has 1 heterocycles. The summed E-state index contributed by atoms with van der Waals surface area (Å²) in [7, 11) is 0. The molecule has 18 heavy (non-hydrogen) atoms. The zero-order valence-corrected chi connectivity index (χ0v) is 12.5. The van der Waals surface area contributed by atoms with E-state index in [9.17, 15) is 4.79 Å². The number of nitrogens with one attached hydrogen (secondary N) is 1.